The van der Waals surface area contributed by atoms with E-state index in [1.807, 2.05) is 6.07 Å². The zero-order valence-electron chi connectivity index (χ0n) is 13.5. The van der Waals surface area contributed by atoms with Gasteiger partial charge in [-0.2, -0.15) is 0 Å². The predicted molar refractivity (Wildman–Crippen MR) is 89.2 cm³/mol. The van der Waals surface area contributed by atoms with Crippen LogP contribution < -0.4 is 10.6 Å². The molecule has 6 nitrogen and oxygen atoms in total. The zero-order valence-corrected chi connectivity index (χ0v) is 13.5. The van der Waals surface area contributed by atoms with Crippen LogP contribution in [0.25, 0.3) is 0 Å². The lowest BCUT2D eigenvalue weighted by Gasteiger charge is -2.38. The lowest BCUT2D eigenvalue weighted by Crippen LogP contribution is -2.47. The second kappa shape index (κ2) is 6.92. The van der Waals surface area contributed by atoms with E-state index in [9.17, 15) is 9.18 Å². The van der Waals surface area contributed by atoms with Crippen molar-refractivity contribution < 1.29 is 9.18 Å². The largest absolute Gasteiger partial charge is 0.364 e. The number of carbonyl (C=O) groups excluding carboxylic acids is 1. The van der Waals surface area contributed by atoms with Crippen LogP contribution in [0.2, 0.25) is 0 Å². The SMILES string of the molecule is CC(c1cccc(F)c1)N1CCN(c2cncc(C(N)=O)n2)CC1. The molecule has 0 spiro atoms. The molecular weight excluding hydrogens is 309 g/mol. The summed E-state index contributed by atoms with van der Waals surface area (Å²) in [7, 11) is 0. The fourth-order valence-electron chi connectivity index (χ4n) is 2.94. The number of nitrogens with two attached hydrogens (primary N) is 1. The molecular formula is C17H20FN5O. The summed E-state index contributed by atoms with van der Waals surface area (Å²) in [4.78, 5) is 23.9. The van der Waals surface area contributed by atoms with Crippen molar-refractivity contribution in [2.24, 2.45) is 5.73 Å². The third kappa shape index (κ3) is 3.51. The van der Waals surface area contributed by atoms with E-state index in [1.54, 1.807) is 18.3 Å². The van der Waals surface area contributed by atoms with E-state index in [1.165, 1.54) is 12.3 Å². The van der Waals surface area contributed by atoms with Crippen molar-refractivity contribution >= 4 is 11.7 Å². The Morgan fingerprint density at radius 3 is 2.67 bits per heavy atom. The molecule has 2 N–H and O–H groups in total. The van der Waals surface area contributed by atoms with E-state index in [2.05, 4.69) is 26.7 Å². The highest BCUT2D eigenvalue weighted by atomic mass is 19.1. The average molecular weight is 329 g/mol. The van der Waals surface area contributed by atoms with Crippen LogP contribution in [-0.2, 0) is 0 Å². The third-order valence-electron chi connectivity index (χ3n) is 4.39. The molecule has 0 saturated carbocycles. The van der Waals surface area contributed by atoms with Crippen LogP contribution in [0, 0.1) is 5.82 Å². The van der Waals surface area contributed by atoms with Gasteiger partial charge >= 0.3 is 0 Å². The van der Waals surface area contributed by atoms with Crippen molar-refractivity contribution in [3.8, 4) is 0 Å². The highest BCUT2D eigenvalue weighted by Gasteiger charge is 2.23. The number of amides is 1. The summed E-state index contributed by atoms with van der Waals surface area (Å²) in [6.07, 6.45) is 3.01. The third-order valence-corrected chi connectivity index (χ3v) is 4.39. The van der Waals surface area contributed by atoms with Gasteiger partial charge in [-0.15, -0.1) is 0 Å². The van der Waals surface area contributed by atoms with Crippen molar-refractivity contribution in [3.63, 3.8) is 0 Å². The predicted octanol–water partition coefficient (Wildman–Crippen LogP) is 1.60. The lowest BCUT2D eigenvalue weighted by molar-refractivity contribution is 0.0995. The highest BCUT2D eigenvalue weighted by Crippen LogP contribution is 2.23. The molecule has 1 amide bonds. The Hall–Kier alpha value is -2.54. The molecule has 1 aliphatic rings. The van der Waals surface area contributed by atoms with Gasteiger partial charge in [0, 0.05) is 32.2 Å². The zero-order chi connectivity index (χ0) is 17.1. The van der Waals surface area contributed by atoms with Gasteiger partial charge in [-0.05, 0) is 24.6 Å². The summed E-state index contributed by atoms with van der Waals surface area (Å²) in [6.45, 7) is 5.24. The second-order valence-electron chi connectivity index (χ2n) is 5.88. The van der Waals surface area contributed by atoms with Crippen molar-refractivity contribution in [3.05, 3.63) is 53.7 Å². The topological polar surface area (TPSA) is 75.3 Å². The summed E-state index contributed by atoms with van der Waals surface area (Å²) >= 11 is 0. The van der Waals surface area contributed by atoms with E-state index in [-0.39, 0.29) is 17.6 Å². The monoisotopic (exact) mass is 329 g/mol. The Balaban J connectivity index is 1.65. The number of anilines is 1. The summed E-state index contributed by atoms with van der Waals surface area (Å²) in [5.41, 5.74) is 6.39. The molecule has 1 aromatic carbocycles. The number of rotatable bonds is 4. The first-order valence-corrected chi connectivity index (χ1v) is 7.91. The maximum Gasteiger partial charge on any atom is 0.268 e. The van der Waals surface area contributed by atoms with E-state index >= 15 is 0 Å². The van der Waals surface area contributed by atoms with Gasteiger partial charge in [0.2, 0.25) is 0 Å². The Morgan fingerprint density at radius 1 is 1.25 bits per heavy atom. The molecule has 1 saturated heterocycles. The quantitative estimate of drug-likeness (QED) is 0.922. The number of hydrogen-bond donors (Lipinski definition) is 1. The Labute approximate surface area is 140 Å². The van der Waals surface area contributed by atoms with Crippen LogP contribution in [-0.4, -0.2) is 47.0 Å². The second-order valence-corrected chi connectivity index (χ2v) is 5.88. The van der Waals surface area contributed by atoms with Crippen LogP contribution in [0.4, 0.5) is 10.2 Å². The Morgan fingerprint density at radius 2 is 2.00 bits per heavy atom. The average Bonchev–Trinajstić information content (AvgIpc) is 2.61. The summed E-state index contributed by atoms with van der Waals surface area (Å²) in [6, 6.07) is 6.87. The van der Waals surface area contributed by atoms with E-state index in [4.69, 9.17) is 5.73 Å². The number of halogens is 1. The first-order valence-electron chi connectivity index (χ1n) is 7.91. The van der Waals surface area contributed by atoms with E-state index in [0.29, 0.717) is 5.82 Å². The molecule has 0 bridgehead atoms. The van der Waals surface area contributed by atoms with E-state index < -0.39 is 5.91 Å². The smallest absolute Gasteiger partial charge is 0.268 e. The summed E-state index contributed by atoms with van der Waals surface area (Å²) in [5.74, 6) is -0.136. The van der Waals surface area contributed by atoms with Gasteiger partial charge in [-0.25, -0.2) is 9.37 Å². The number of primary amides is 1. The van der Waals surface area contributed by atoms with Crippen LogP contribution in [0.3, 0.4) is 0 Å². The molecule has 1 atom stereocenters. The van der Waals surface area contributed by atoms with Crippen LogP contribution in [0.15, 0.2) is 36.7 Å². The number of piperazine rings is 1. The molecule has 1 unspecified atom stereocenters. The minimum absolute atomic E-state index is 0.144. The summed E-state index contributed by atoms with van der Waals surface area (Å²) < 4.78 is 13.4. The molecule has 2 heterocycles. The maximum atomic E-state index is 13.4. The molecule has 1 aliphatic heterocycles. The molecule has 0 radical (unpaired) electrons. The number of carbonyl (C=O) groups is 1. The first kappa shape index (κ1) is 16.3. The van der Waals surface area contributed by atoms with Gasteiger partial charge in [-0.1, -0.05) is 12.1 Å². The fraction of sp³-hybridized carbons (Fsp3) is 0.353. The minimum Gasteiger partial charge on any atom is -0.364 e. The van der Waals surface area contributed by atoms with Crippen LogP contribution in [0.1, 0.15) is 29.0 Å². The highest BCUT2D eigenvalue weighted by molar-refractivity contribution is 5.90. The van der Waals surface area contributed by atoms with Gasteiger partial charge in [0.25, 0.3) is 5.91 Å². The molecule has 24 heavy (non-hydrogen) atoms. The van der Waals surface area contributed by atoms with Crippen molar-refractivity contribution in [2.45, 2.75) is 13.0 Å². The molecule has 7 heteroatoms. The minimum atomic E-state index is -0.581. The summed E-state index contributed by atoms with van der Waals surface area (Å²) in [5, 5.41) is 0. The number of nitrogens with zero attached hydrogens (tertiary/aromatic N) is 4. The molecule has 126 valence electrons. The fourth-order valence-corrected chi connectivity index (χ4v) is 2.94. The Kier molecular flexibility index (Phi) is 4.71. The van der Waals surface area contributed by atoms with Crippen molar-refractivity contribution in [2.75, 3.05) is 31.1 Å². The van der Waals surface area contributed by atoms with Crippen LogP contribution in [0.5, 0.6) is 0 Å². The van der Waals surface area contributed by atoms with Crippen molar-refractivity contribution in [1.82, 2.24) is 14.9 Å². The van der Waals surface area contributed by atoms with Gasteiger partial charge in [-0.3, -0.25) is 14.7 Å². The standard InChI is InChI=1S/C17H20FN5O/c1-12(13-3-2-4-14(18)9-13)22-5-7-23(8-6-22)16-11-20-10-15(21-16)17(19)24/h2-4,9-12H,5-8H2,1H3,(H2,19,24). The maximum absolute atomic E-state index is 13.4. The normalized spacial score (nSPS) is 16.8. The number of hydrogen-bond acceptors (Lipinski definition) is 5. The van der Waals surface area contributed by atoms with Crippen LogP contribution >= 0.6 is 0 Å². The number of aromatic nitrogens is 2. The van der Waals surface area contributed by atoms with Crippen molar-refractivity contribution in [1.29, 1.82) is 0 Å². The first-order chi connectivity index (χ1) is 11.5. The molecule has 3 rings (SSSR count). The van der Waals surface area contributed by atoms with Gasteiger partial charge in [0.15, 0.2) is 0 Å². The molecule has 1 aromatic heterocycles. The van der Waals surface area contributed by atoms with Gasteiger partial charge in [0.05, 0.1) is 12.4 Å². The molecule has 2 aromatic rings. The Bertz CT molecular complexity index is 730. The lowest BCUT2D eigenvalue weighted by atomic mass is 10.1. The van der Waals surface area contributed by atoms with E-state index in [0.717, 1.165) is 31.7 Å². The molecule has 1 fully saturated rings. The molecule has 0 aliphatic carbocycles. The number of benzene rings is 1. The van der Waals surface area contributed by atoms with Gasteiger partial charge in [0.1, 0.15) is 17.3 Å². The van der Waals surface area contributed by atoms with Gasteiger partial charge < -0.3 is 10.6 Å².